The van der Waals surface area contributed by atoms with E-state index in [4.69, 9.17) is 16.3 Å². The summed E-state index contributed by atoms with van der Waals surface area (Å²) in [5.74, 6) is -0.00959. The largest absolute Gasteiger partial charge is 0.450 e. The molecule has 1 aromatic carbocycles. The number of nitrogens with one attached hydrogen (secondary N) is 1. The fourth-order valence-electron chi connectivity index (χ4n) is 2.96. The molecule has 1 N–H and O–H groups in total. The first-order valence-corrected chi connectivity index (χ1v) is 8.21. The SMILES string of the molecule is CCOC(=O)N[C@H](c1cccc(Cl)c1)[C@H]1CCCCCC1=O. The molecule has 22 heavy (non-hydrogen) atoms. The second-order valence-electron chi connectivity index (χ2n) is 5.57. The molecule has 2 atom stereocenters. The molecular formula is C17H22ClNO3. The van der Waals surface area contributed by atoms with Crippen molar-refractivity contribution in [1.82, 2.24) is 5.32 Å². The first kappa shape index (κ1) is 16.8. The summed E-state index contributed by atoms with van der Waals surface area (Å²) in [6, 6.07) is 6.92. The van der Waals surface area contributed by atoms with E-state index >= 15 is 0 Å². The van der Waals surface area contributed by atoms with Gasteiger partial charge in [0.1, 0.15) is 5.78 Å². The number of carbonyl (C=O) groups excluding carboxylic acids is 2. The minimum absolute atomic E-state index is 0.208. The highest BCUT2D eigenvalue weighted by Crippen LogP contribution is 2.32. The van der Waals surface area contributed by atoms with Crippen LogP contribution in [0.4, 0.5) is 4.79 Å². The third kappa shape index (κ3) is 4.47. The van der Waals surface area contributed by atoms with Crippen LogP contribution in [-0.2, 0) is 9.53 Å². The van der Waals surface area contributed by atoms with Crippen LogP contribution < -0.4 is 5.32 Å². The minimum atomic E-state index is -0.496. The Morgan fingerprint density at radius 2 is 2.23 bits per heavy atom. The molecule has 0 bridgehead atoms. The fraction of sp³-hybridized carbons (Fsp3) is 0.529. The molecule has 1 aromatic rings. The highest BCUT2D eigenvalue weighted by Gasteiger charge is 2.31. The predicted octanol–water partition coefficient (Wildman–Crippen LogP) is 4.28. The van der Waals surface area contributed by atoms with Crippen LogP contribution >= 0.6 is 11.6 Å². The van der Waals surface area contributed by atoms with Crippen molar-refractivity contribution in [3.8, 4) is 0 Å². The first-order valence-electron chi connectivity index (χ1n) is 7.83. The van der Waals surface area contributed by atoms with Gasteiger partial charge < -0.3 is 10.1 Å². The van der Waals surface area contributed by atoms with Crippen LogP contribution in [0, 0.1) is 5.92 Å². The lowest BCUT2D eigenvalue weighted by Crippen LogP contribution is -2.37. The van der Waals surface area contributed by atoms with Gasteiger partial charge in [-0.1, -0.05) is 36.6 Å². The Labute approximate surface area is 136 Å². The lowest BCUT2D eigenvalue weighted by Gasteiger charge is -2.26. The summed E-state index contributed by atoms with van der Waals surface area (Å²) in [5.41, 5.74) is 0.848. The molecule has 0 unspecified atom stereocenters. The maximum atomic E-state index is 12.4. The summed E-state index contributed by atoms with van der Waals surface area (Å²) < 4.78 is 4.99. The molecule has 120 valence electrons. The van der Waals surface area contributed by atoms with Gasteiger partial charge >= 0.3 is 6.09 Å². The van der Waals surface area contributed by atoms with E-state index in [1.807, 2.05) is 12.1 Å². The number of benzene rings is 1. The van der Waals surface area contributed by atoms with Crippen molar-refractivity contribution in [2.24, 2.45) is 5.92 Å². The van der Waals surface area contributed by atoms with Gasteiger partial charge in [-0.15, -0.1) is 0 Å². The number of alkyl carbamates (subject to hydrolysis) is 1. The molecule has 1 saturated carbocycles. The second-order valence-corrected chi connectivity index (χ2v) is 6.01. The number of ketones is 1. The average Bonchev–Trinajstić information content (AvgIpc) is 2.70. The van der Waals surface area contributed by atoms with Crippen LogP contribution in [-0.4, -0.2) is 18.5 Å². The Bertz CT molecular complexity index is 532. The van der Waals surface area contributed by atoms with Crippen molar-refractivity contribution in [2.45, 2.75) is 45.1 Å². The molecule has 4 nitrogen and oxygen atoms in total. The van der Waals surface area contributed by atoms with Gasteiger partial charge in [-0.2, -0.15) is 0 Å². The number of ether oxygens (including phenoxy) is 1. The minimum Gasteiger partial charge on any atom is -0.450 e. The van der Waals surface area contributed by atoms with Crippen LogP contribution in [0.15, 0.2) is 24.3 Å². The van der Waals surface area contributed by atoms with E-state index in [-0.39, 0.29) is 17.7 Å². The van der Waals surface area contributed by atoms with E-state index in [1.54, 1.807) is 19.1 Å². The lowest BCUT2D eigenvalue weighted by molar-refractivity contribution is -0.123. The quantitative estimate of drug-likeness (QED) is 0.841. The monoisotopic (exact) mass is 323 g/mol. The lowest BCUT2D eigenvalue weighted by atomic mass is 9.86. The molecule has 0 aliphatic heterocycles. The smallest absolute Gasteiger partial charge is 0.407 e. The van der Waals surface area contributed by atoms with Crippen molar-refractivity contribution < 1.29 is 14.3 Å². The number of hydrogen-bond donors (Lipinski definition) is 1. The molecule has 1 fully saturated rings. The predicted molar refractivity (Wildman–Crippen MR) is 85.9 cm³/mol. The second kappa shape index (κ2) is 8.18. The molecule has 2 rings (SSSR count). The van der Waals surface area contributed by atoms with Gasteiger partial charge in [-0.05, 0) is 37.5 Å². The highest BCUT2D eigenvalue weighted by atomic mass is 35.5. The van der Waals surface area contributed by atoms with Crippen LogP contribution in [0.5, 0.6) is 0 Å². The maximum absolute atomic E-state index is 12.4. The van der Waals surface area contributed by atoms with Crippen molar-refractivity contribution in [3.05, 3.63) is 34.9 Å². The molecule has 1 aliphatic carbocycles. The maximum Gasteiger partial charge on any atom is 0.407 e. The Hall–Kier alpha value is -1.55. The van der Waals surface area contributed by atoms with E-state index < -0.39 is 6.09 Å². The highest BCUT2D eigenvalue weighted by molar-refractivity contribution is 6.30. The number of Topliss-reactive ketones (excluding diaryl/α,β-unsaturated/α-hetero) is 1. The van der Waals surface area contributed by atoms with Gasteiger partial charge in [0.2, 0.25) is 0 Å². The Kier molecular flexibility index (Phi) is 6.25. The van der Waals surface area contributed by atoms with Crippen LogP contribution in [0.2, 0.25) is 5.02 Å². The first-order chi connectivity index (χ1) is 10.6. The zero-order valence-corrected chi connectivity index (χ0v) is 13.6. The number of amides is 1. The Balaban J connectivity index is 2.27. The zero-order chi connectivity index (χ0) is 15.9. The van der Waals surface area contributed by atoms with Crippen LogP contribution in [0.1, 0.15) is 50.6 Å². The van der Waals surface area contributed by atoms with Gasteiger partial charge in [0.15, 0.2) is 0 Å². The summed E-state index contributed by atoms with van der Waals surface area (Å²) in [5, 5.41) is 3.44. The number of hydrogen-bond acceptors (Lipinski definition) is 3. The van der Waals surface area contributed by atoms with E-state index in [9.17, 15) is 9.59 Å². The molecule has 0 heterocycles. The molecular weight excluding hydrogens is 302 g/mol. The molecule has 1 aliphatic rings. The average molecular weight is 324 g/mol. The third-order valence-electron chi connectivity index (χ3n) is 4.01. The number of halogens is 1. The van der Waals surface area contributed by atoms with Gasteiger partial charge in [-0.3, -0.25) is 4.79 Å². The molecule has 0 radical (unpaired) electrons. The van der Waals surface area contributed by atoms with E-state index in [1.165, 1.54) is 0 Å². The van der Waals surface area contributed by atoms with Gasteiger partial charge in [0, 0.05) is 17.4 Å². The van der Waals surface area contributed by atoms with Crippen molar-refractivity contribution in [3.63, 3.8) is 0 Å². The summed E-state index contributed by atoms with van der Waals surface area (Å²) in [6.07, 6.45) is 3.85. The summed E-state index contributed by atoms with van der Waals surface area (Å²) >= 11 is 6.07. The molecule has 0 saturated heterocycles. The molecule has 1 amide bonds. The summed E-state index contributed by atoms with van der Waals surface area (Å²) in [7, 11) is 0. The molecule has 5 heteroatoms. The molecule has 0 aromatic heterocycles. The fourth-order valence-corrected chi connectivity index (χ4v) is 3.15. The van der Waals surface area contributed by atoms with Gasteiger partial charge in [-0.25, -0.2) is 4.79 Å². The van der Waals surface area contributed by atoms with Crippen molar-refractivity contribution in [1.29, 1.82) is 0 Å². The Morgan fingerprint density at radius 1 is 1.41 bits per heavy atom. The zero-order valence-electron chi connectivity index (χ0n) is 12.8. The van der Waals surface area contributed by atoms with Gasteiger partial charge in [0.25, 0.3) is 0 Å². The van der Waals surface area contributed by atoms with E-state index in [2.05, 4.69) is 5.32 Å². The Morgan fingerprint density at radius 3 is 2.95 bits per heavy atom. The van der Waals surface area contributed by atoms with E-state index in [0.29, 0.717) is 18.1 Å². The summed E-state index contributed by atoms with van der Waals surface area (Å²) in [4.78, 5) is 24.3. The molecule has 0 spiro atoms. The van der Waals surface area contributed by atoms with E-state index in [0.717, 1.165) is 31.2 Å². The number of rotatable bonds is 4. The van der Waals surface area contributed by atoms with Crippen molar-refractivity contribution >= 4 is 23.5 Å². The van der Waals surface area contributed by atoms with Crippen LogP contribution in [0.25, 0.3) is 0 Å². The third-order valence-corrected chi connectivity index (χ3v) is 4.25. The normalized spacial score (nSPS) is 20.1. The topological polar surface area (TPSA) is 55.4 Å². The standard InChI is InChI=1S/C17H22ClNO3/c1-2-22-17(21)19-16(12-7-6-8-13(18)11-12)14-9-4-3-5-10-15(14)20/h6-8,11,14,16H,2-5,9-10H2,1H3,(H,19,21)/t14-,16+/m0/s1. The van der Waals surface area contributed by atoms with Gasteiger partial charge in [0.05, 0.1) is 12.6 Å². The van der Waals surface area contributed by atoms with Crippen molar-refractivity contribution in [2.75, 3.05) is 6.61 Å². The summed E-state index contributed by atoms with van der Waals surface area (Å²) in [6.45, 7) is 2.05. The number of carbonyl (C=O) groups is 2. The van der Waals surface area contributed by atoms with Crippen LogP contribution in [0.3, 0.4) is 0 Å².